The zero-order valence-corrected chi connectivity index (χ0v) is 13.5. The molecule has 0 aliphatic heterocycles. The lowest BCUT2D eigenvalue weighted by Gasteiger charge is -2.09. The third-order valence-corrected chi connectivity index (χ3v) is 2.78. The Balaban J connectivity index is 2.60. The molecule has 7 heteroatoms. The number of benzene rings is 1. The van der Waals surface area contributed by atoms with Crippen LogP contribution in [0, 0.1) is 11.3 Å². The minimum atomic E-state index is -0.489. The molecule has 122 valence electrons. The number of rotatable bonds is 7. The van der Waals surface area contributed by atoms with Crippen molar-refractivity contribution in [1.82, 2.24) is 10.2 Å². The van der Waals surface area contributed by atoms with Gasteiger partial charge in [-0.1, -0.05) is 0 Å². The van der Waals surface area contributed by atoms with E-state index in [2.05, 4.69) is 16.0 Å². The van der Waals surface area contributed by atoms with E-state index in [9.17, 15) is 9.59 Å². The van der Waals surface area contributed by atoms with Gasteiger partial charge in [0.1, 0.15) is 11.6 Å². The molecule has 0 bridgehead atoms. The Bertz CT molecular complexity index is 614. The summed E-state index contributed by atoms with van der Waals surface area (Å²) in [6.45, 7) is 2.85. The Hall–Kier alpha value is -2.85. The van der Waals surface area contributed by atoms with Gasteiger partial charge >= 0.3 is 0 Å². The summed E-state index contributed by atoms with van der Waals surface area (Å²) in [5.74, 6) is -0.655. The zero-order valence-electron chi connectivity index (χ0n) is 13.5. The molecule has 23 heavy (non-hydrogen) atoms. The fourth-order valence-corrected chi connectivity index (χ4v) is 1.65. The first-order valence-corrected chi connectivity index (χ1v) is 7.09. The Morgan fingerprint density at radius 2 is 1.74 bits per heavy atom. The molecule has 0 saturated carbocycles. The third-order valence-electron chi connectivity index (χ3n) is 2.78. The number of carbonyl (C=O) groups excluding carboxylic acids is 2. The lowest BCUT2D eigenvalue weighted by atomic mass is 10.2. The zero-order chi connectivity index (χ0) is 17.2. The second-order valence-electron chi connectivity index (χ2n) is 5.14. The van der Waals surface area contributed by atoms with Crippen LogP contribution in [0.1, 0.15) is 6.92 Å². The minimum Gasteiger partial charge on any atom is -0.388 e. The highest BCUT2D eigenvalue weighted by atomic mass is 16.2. The van der Waals surface area contributed by atoms with Gasteiger partial charge in [-0.3, -0.25) is 9.59 Å². The van der Waals surface area contributed by atoms with Crippen molar-refractivity contribution in [2.24, 2.45) is 0 Å². The highest BCUT2D eigenvalue weighted by molar-refractivity contribution is 6.06. The van der Waals surface area contributed by atoms with Gasteiger partial charge in [0.15, 0.2) is 0 Å². The number of nitrogens with one attached hydrogen (secondary N) is 3. The monoisotopic (exact) mass is 315 g/mol. The van der Waals surface area contributed by atoms with Crippen molar-refractivity contribution in [3.8, 4) is 6.07 Å². The molecule has 0 saturated heterocycles. The summed E-state index contributed by atoms with van der Waals surface area (Å²) in [4.78, 5) is 24.9. The van der Waals surface area contributed by atoms with Crippen molar-refractivity contribution >= 4 is 23.2 Å². The van der Waals surface area contributed by atoms with Crippen molar-refractivity contribution in [3.05, 3.63) is 36.0 Å². The fraction of sp³-hybridized carbons (Fsp3) is 0.312. The van der Waals surface area contributed by atoms with Crippen LogP contribution in [0.4, 0.5) is 11.4 Å². The molecule has 1 aromatic rings. The Morgan fingerprint density at radius 3 is 2.22 bits per heavy atom. The summed E-state index contributed by atoms with van der Waals surface area (Å²) in [6, 6.07) is 8.50. The smallest absolute Gasteiger partial charge is 0.267 e. The van der Waals surface area contributed by atoms with E-state index in [1.54, 1.807) is 24.3 Å². The van der Waals surface area contributed by atoms with Crippen LogP contribution in [0.2, 0.25) is 0 Å². The SMILES string of the molecule is CC(=O)Nc1ccc(NC(=O)/C(C#N)=C\NCCN(C)C)cc1. The molecule has 0 radical (unpaired) electrons. The van der Waals surface area contributed by atoms with Crippen LogP contribution in [0.3, 0.4) is 0 Å². The highest BCUT2D eigenvalue weighted by Gasteiger charge is 2.09. The molecule has 0 aliphatic rings. The van der Waals surface area contributed by atoms with E-state index in [1.807, 2.05) is 25.1 Å². The molecule has 3 N–H and O–H groups in total. The van der Waals surface area contributed by atoms with Gasteiger partial charge in [0.2, 0.25) is 5.91 Å². The molecule has 0 fully saturated rings. The van der Waals surface area contributed by atoms with Crippen LogP contribution < -0.4 is 16.0 Å². The van der Waals surface area contributed by atoms with Crippen LogP contribution in [-0.4, -0.2) is 43.9 Å². The van der Waals surface area contributed by atoms with Gasteiger partial charge < -0.3 is 20.9 Å². The summed E-state index contributed by atoms with van der Waals surface area (Å²) in [5.41, 5.74) is 1.17. The number of nitrogens with zero attached hydrogens (tertiary/aromatic N) is 2. The molecule has 0 unspecified atom stereocenters. The number of anilines is 2. The van der Waals surface area contributed by atoms with Crippen LogP contribution >= 0.6 is 0 Å². The lowest BCUT2D eigenvalue weighted by molar-refractivity contribution is -0.114. The molecule has 0 atom stereocenters. The second kappa shape index (κ2) is 9.23. The second-order valence-corrected chi connectivity index (χ2v) is 5.14. The number of carbonyl (C=O) groups is 2. The Labute approximate surface area is 136 Å². The molecule has 1 aromatic carbocycles. The van der Waals surface area contributed by atoms with E-state index in [0.717, 1.165) is 6.54 Å². The van der Waals surface area contributed by atoms with E-state index in [4.69, 9.17) is 5.26 Å². The summed E-state index contributed by atoms with van der Waals surface area (Å²) in [6.07, 6.45) is 1.41. The molecule has 7 nitrogen and oxygen atoms in total. The molecule has 0 aromatic heterocycles. The van der Waals surface area contributed by atoms with Gasteiger partial charge in [0.25, 0.3) is 5.91 Å². The number of amides is 2. The molecular weight excluding hydrogens is 294 g/mol. The number of nitriles is 1. The van der Waals surface area contributed by atoms with Crippen LogP contribution in [0.5, 0.6) is 0 Å². The molecule has 2 amide bonds. The van der Waals surface area contributed by atoms with Gasteiger partial charge in [-0.15, -0.1) is 0 Å². The highest BCUT2D eigenvalue weighted by Crippen LogP contribution is 2.14. The molecular formula is C16H21N5O2. The maximum atomic E-state index is 12.0. The van der Waals surface area contributed by atoms with Gasteiger partial charge in [-0.05, 0) is 38.4 Å². The van der Waals surface area contributed by atoms with E-state index < -0.39 is 5.91 Å². The fourth-order valence-electron chi connectivity index (χ4n) is 1.65. The minimum absolute atomic E-state index is 0.00491. The molecule has 0 spiro atoms. The van der Waals surface area contributed by atoms with Gasteiger partial charge in [0.05, 0.1) is 0 Å². The van der Waals surface area contributed by atoms with Gasteiger partial charge in [-0.2, -0.15) is 5.26 Å². The first-order valence-electron chi connectivity index (χ1n) is 7.09. The average Bonchev–Trinajstić information content (AvgIpc) is 2.48. The predicted molar refractivity (Wildman–Crippen MR) is 89.6 cm³/mol. The Morgan fingerprint density at radius 1 is 1.17 bits per heavy atom. The average molecular weight is 315 g/mol. The van der Waals surface area contributed by atoms with E-state index in [-0.39, 0.29) is 11.5 Å². The first-order chi connectivity index (χ1) is 10.9. The van der Waals surface area contributed by atoms with Crippen molar-refractivity contribution in [1.29, 1.82) is 5.26 Å². The lowest BCUT2D eigenvalue weighted by Crippen LogP contribution is -2.24. The standard InChI is InChI=1S/C16H21N5O2/c1-12(22)19-14-4-6-15(7-5-14)20-16(23)13(10-17)11-18-8-9-21(2)3/h4-7,11,18H,8-9H2,1-3H3,(H,19,22)(H,20,23)/b13-11-. The van der Waals surface area contributed by atoms with Crippen molar-refractivity contribution in [2.45, 2.75) is 6.92 Å². The van der Waals surface area contributed by atoms with Crippen LogP contribution in [0.15, 0.2) is 36.0 Å². The van der Waals surface area contributed by atoms with Crippen molar-refractivity contribution in [3.63, 3.8) is 0 Å². The maximum absolute atomic E-state index is 12.0. The van der Waals surface area contributed by atoms with Crippen LogP contribution in [-0.2, 0) is 9.59 Å². The summed E-state index contributed by atoms with van der Waals surface area (Å²) < 4.78 is 0. The summed E-state index contributed by atoms with van der Waals surface area (Å²) in [7, 11) is 3.88. The predicted octanol–water partition coefficient (Wildman–Crippen LogP) is 1.14. The largest absolute Gasteiger partial charge is 0.388 e. The molecule has 0 heterocycles. The Kier molecular flexibility index (Phi) is 7.30. The first kappa shape index (κ1) is 18.2. The van der Waals surface area contributed by atoms with Crippen molar-refractivity contribution in [2.75, 3.05) is 37.8 Å². The quantitative estimate of drug-likeness (QED) is 0.398. The van der Waals surface area contributed by atoms with Gasteiger partial charge in [0, 0.05) is 37.6 Å². The summed E-state index contributed by atoms with van der Waals surface area (Å²) in [5, 5.41) is 17.2. The number of hydrogen-bond donors (Lipinski definition) is 3. The molecule has 1 rings (SSSR count). The number of likely N-dealkylation sites (N-methyl/N-ethyl adjacent to an activating group) is 1. The van der Waals surface area contributed by atoms with Crippen molar-refractivity contribution < 1.29 is 9.59 Å². The van der Waals surface area contributed by atoms with E-state index >= 15 is 0 Å². The van der Waals surface area contributed by atoms with E-state index in [1.165, 1.54) is 13.1 Å². The summed E-state index contributed by atoms with van der Waals surface area (Å²) >= 11 is 0. The maximum Gasteiger partial charge on any atom is 0.267 e. The third kappa shape index (κ3) is 7.11. The van der Waals surface area contributed by atoms with E-state index in [0.29, 0.717) is 17.9 Å². The van der Waals surface area contributed by atoms with Gasteiger partial charge in [-0.25, -0.2) is 0 Å². The number of hydrogen-bond acceptors (Lipinski definition) is 5. The normalized spacial score (nSPS) is 10.8. The molecule has 0 aliphatic carbocycles. The van der Waals surface area contributed by atoms with Crippen LogP contribution in [0.25, 0.3) is 0 Å². The topological polar surface area (TPSA) is 97.3 Å².